The van der Waals surface area contributed by atoms with Gasteiger partial charge in [-0.15, -0.1) is 0 Å². The molecule has 0 N–H and O–H groups in total. The average Bonchev–Trinajstić information content (AvgIpc) is 2.63. The summed E-state index contributed by atoms with van der Waals surface area (Å²) in [7, 11) is 0. The van der Waals surface area contributed by atoms with E-state index in [4.69, 9.17) is 0 Å². The number of isothiocyanates is 1. The predicted octanol–water partition coefficient (Wildman–Crippen LogP) is 6.64. The van der Waals surface area contributed by atoms with E-state index in [0.29, 0.717) is 11.1 Å². The van der Waals surface area contributed by atoms with E-state index in [0.717, 1.165) is 24.8 Å². The van der Waals surface area contributed by atoms with Gasteiger partial charge in [0.2, 0.25) is 0 Å². The van der Waals surface area contributed by atoms with Crippen molar-refractivity contribution in [3.63, 3.8) is 0 Å². The normalized spacial score (nSPS) is 10.3. The summed E-state index contributed by atoms with van der Waals surface area (Å²) in [5.74, 6) is 5.80. The van der Waals surface area contributed by atoms with Gasteiger partial charge in [-0.1, -0.05) is 56.4 Å². The molecule has 2 aromatic rings. The molecule has 2 aromatic carbocycles. The van der Waals surface area contributed by atoms with Gasteiger partial charge in [-0.2, -0.15) is 4.99 Å². The van der Waals surface area contributed by atoms with Crippen LogP contribution < -0.4 is 0 Å². The topological polar surface area (TPSA) is 12.4 Å². The average molecular weight is 364 g/mol. The minimum absolute atomic E-state index is 0.225. The van der Waals surface area contributed by atoms with Crippen molar-refractivity contribution >= 4 is 29.1 Å². The Hall–Kier alpha value is -2.53. The van der Waals surface area contributed by atoms with Gasteiger partial charge in [-0.25, -0.2) is 4.39 Å². The number of unbranched alkanes of at least 4 members (excludes halogenated alkanes) is 1. The van der Waals surface area contributed by atoms with Gasteiger partial charge in [0.1, 0.15) is 5.69 Å². The lowest BCUT2D eigenvalue weighted by Gasteiger charge is -2.04. The van der Waals surface area contributed by atoms with Gasteiger partial charge >= 0.3 is 0 Å². The fourth-order valence-corrected chi connectivity index (χ4v) is 2.74. The zero-order valence-corrected chi connectivity index (χ0v) is 16.2. The van der Waals surface area contributed by atoms with Crippen LogP contribution >= 0.6 is 12.2 Å². The molecular formula is C23H22FNS. The van der Waals surface area contributed by atoms with Crippen LogP contribution in [0.1, 0.15) is 54.5 Å². The molecule has 0 heterocycles. The Morgan fingerprint density at radius 1 is 1.15 bits per heavy atom. The van der Waals surface area contributed by atoms with Crippen molar-refractivity contribution in [2.75, 3.05) is 0 Å². The molecule has 0 spiro atoms. The number of rotatable bonds is 5. The molecule has 0 unspecified atom stereocenters. The Morgan fingerprint density at radius 2 is 1.96 bits per heavy atom. The molecule has 1 nitrogen and oxygen atoms in total. The summed E-state index contributed by atoms with van der Waals surface area (Å²) in [6.45, 7) is 6.07. The number of hydrogen-bond acceptors (Lipinski definition) is 2. The summed E-state index contributed by atoms with van der Waals surface area (Å²) >= 11 is 4.56. The van der Waals surface area contributed by atoms with Crippen LogP contribution in [-0.2, 0) is 6.42 Å². The first kappa shape index (κ1) is 19.8. The highest BCUT2D eigenvalue weighted by Gasteiger charge is 2.06. The number of thiocarbonyl (C=S) groups is 1. The van der Waals surface area contributed by atoms with E-state index < -0.39 is 5.82 Å². The molecule has 0 aliphatic heterocycles. The minimum atomic E-state index is -0.432. The van der Waals surface area contributed by atoms with Crippen molar-refractivity contribution < 1.29 is 4.39 Å². The van der Waals surface area contributed by atoms with Crippen LogP contribution in [0.3, 0.4) is 0 Å². The van der Waals surface area contributed by atoms with E-state index in [-0.39, 0.29) is 5.69 Å². The van der Waals surface area contributed by atoms with Gasteiger partial charge in [-0.3, -0.25) is 0 Å². The van der Waals surface area contributed by atoms with Gasteiger partial charge in [0.25, 0.3) is 0 Å². The Bertz CT molecular complexity index is 902. The van der Waals surface area contributed by atoms with E-state index in [1.165, 1.54) is 17.2 Å². The van der Waals surface area contributed by atoms with Crippen molar-refractivity contribution in [1.29, 1.82) is 0 Å². The van der Waals surface area contributed by atoms with E-state index in [1.807, 2.05) is 12.1 Å². The van der Waals surface area contributed by atoms with Crippen molar-refractivity contribution in [2.24, 2.45) is 4.99 Å². The molecule has 0 fully saturated rings. The zero-order chi connectivity index (χ0) is 18.9. The quantitative estimate of drug-likeness (QED) is 0.329. The fraction of sp³-hybridized carbons (Fsp3) is 0.261. The zero-order valence-electron chi connectivity index (χ0n) is 15.4. The second-order valence-corrected chi connectivity index (χ2v) is 6.22. The van der Waals surface area contributed by atoms with Gasteiger partial charge < -0.3 is 0 Å². The minimum Gasteiger partial charge on any atom is -0.205 e. The summed E-state index contributed by atoms with van der Waals surface area (Å²) in [5.41, 5.74) is 4.89. The molecule has 0 saturated carbocycles. The highest BCUT2D eigenvalue weighted by Crippen LogP contribution is 2.24. The highest BCUT2D eigenvalue weighted by molar-refractivity contribution is 7.78. The third-order valence-corrected chi connectivity index (χ3v) is 4.12. The van der Waals surface area contributed by atoms with E-state index in [9.17, 15) is 4.39 Å². The monoisotopic (exact) mass is 363 g/mol. The standard InChI is InChI=1S/C23H22FNS/c1-4-6-7-8-18-9-11-21(20(5-2)14-18)12-10-19-13-17(3)23(25-16-26)22(24)15-19/h7-9,11,13-15H,4-6H2,1-3H3/b8-7+. The fourth-order valence-electron chi connectivity index (χ4n) is 2.65. The Labute approximate surface area is 160 Å². The number of aryl methyl sites for hydroxylation is 2. The molecule has 0 aliphatic rings. The van der Waals surface area contributed by atoms with Crippen LogP contribution in [0.5, 0.6) is 0 Å². The van der Waals surface area contributed by atoms with Crippen LogP contribution in [-0.4, -0.2) is 5.16 Å². The third-order valence-electron chi connectivity index (χ3n) is 4.03. The molecule has 0 saturated heterocycles. The largest absolute Gasteiger partial charge is 0.205 e. The molecule has 0 bridgehead atoms. The molecule has 2 rings (SSSR count). The predicted molar refractivity (Wildman–Crippen MR) is 112 cm³/mol. The Morgan fingerprint density at radius 3 is 2.62 bits per heavy atom. The maximum absolute atomic E-state index is 14.1. The Balaban J connectivity index is 2.33. The van der Waals surface area contributed by atoms with Crippen LogP contribution in [0.2, 0.25) is 0 Å². The number of allylic oxidation sites excluding steroid dienone is 1. The molecule has 0 radical (unpaired) electrons. The number of benzene rings is 2. The molecule has 132 valence electrons. The number of nitrogens with zero attached hydrogens (tertiary/aromatic N) is 1. The van der Waals surface area contributed by atoms with Gasteiger partial charge in [0, 0.05) is 11.1 Å². The SMILES string of the molecule is CCC/C=C/c1ccc(C#Cc2cc(C)c(N=C=S)c(F)c2)c(CC)c1. The van der Waals surface area contributed by atoms with E-state index in [1.54, 1.807) is 6.92 Å². The molecular weight excluding hydrogens is 341 g/mol. The number of halogens is 1. The van der Waals surface area contributed by atoms with E-state index in [2.05, 4.69) is 72.3 Å². The van der Waals surface area contributed by atoms with Gasteiger partial charge in [0.15, 0.2) is 5.82 Å². The van der Waals surface area contributed by atoms with Gasteiger partial charge in [0.05, 0.1) is 5.16 Å². The van der Waals surface area contributed by atoms with Crippen molar-refractivity contribution in [3.05, 3.63) is 70.0 Å². The van der Waals surface area contributed by atoms with Crippen LogP contribution in [0.4, 0.5) is 10.1 Å². The molecule has 3 heteroatoms. The third kappa shape index (κ3) is 5.23. The summed E-state index contributed by atoms with van der Waals surface area (Å²) in [6.07, 6.45) is 7.46. The number of hydrogen-bond donors (Lipinski definition) is 0. The Kier molecular flexibility index (Phi) is 7.48. The van der Waals surface area contributed by atoms with Crippen LogP contribution in [0, 0.1) is 24.6 Å². The first-order valence-corrected chi connectivity index (χ1v) is 9.19. The highest BCUT2D eigenvalue weighted by atomic mass is 32.1. The second-order valence-electron chi connectivity index (χ2n) is 6.04. The first-order valence-electron chi connectivity index (χ1n) is 8.78. The molecule has 0 amide bonds. The maximum Gasteiger partial charge on any atom is 0.151 e. The molecule has 26 heavy (non-hydrogen) atoms. The lowest BCUT2D eigenvalue weighted by molar-refractivity contribution is 0.628. The van der Waals surface area contributed by atoms with Gasteiger partial charge in [-0.05, 0) is 66.9 Å². The molecule has 0 aromatic heterocycles. The summed E-state index contributed by atoms with van der Waals surface area (Å²) < 4.78 is 14.1. The first-order chi connectivity index (χ1) is 12.6. The van der Waals surface area contributed by atoms with Crippen molar-refractivity contribution in [2.45, 2.75) is 40.0 Å². The second kappa shape index (κ2) is 9.82. The summed E-state index contributed by atoms with van der Waals surface area (Å²) in [6, 6.07) is 9.47. The van der Waals surface area contributed by atoms with Crippen LogP contribution in [0.15, 0.2) is 41.4 Å². The molecule has 0 atom stereocenters. The van der Waals surface area contributed by atoms with Crippen molar-refractivity contribution in [1.82, 2.24) is 0 Å². The van der Waals surface area contributed by atoms with E-state index >= 15 is 0 Å². The lowest BCUT2D eigenvalue weighted by atomic mass is 10.0. The lowest BCUT2D eigenvalue weighted by Crippen LogP contribution is -1.90. The summed E-state index contributed by atoms with van der Waals surface area (Å²) in [5, 5.41) is 2.21. The van der Waals surface area contributed by atoms with Crippen molar-refractivity contribution in [3.8, 4) is 11.8 Å². The van der Waals surface area contributed by atoms with Crippen LogP contribution in [0.25, 0.3) is 6.08 Å². The number of aliphatic imine (C=N–C) groups is 1. The molecule has 0 aliphatic carbocycles. The maximum atomic E-state index is 14.1. The summed E-state index contributed by atoms with van der Waals surface area (Å²) in [4.78, 5) is 3.77. The smallest absolute Gasteiger partial charge is 0.151 e.